The molecular weight excluding hydrogens is 368 g/mol. The molecule has 2 aromatic carbocycles. The first-order valence-electron chi connectivity index (χ1n) is 10.1. The number of carbonyl (C=O) groups excluding carboxylic acids is 1. The Kier molecular flexibility index (Phi) is 5.41. The maximum Gasteiger partial charge on any atom is 0.167 e. The van der Waals surface area contributed by atoms with Gasteiger partial charge in [-0.05, 0) is 71.6 Å². The molecular formula is C25H25ClO2. The van der Waals surface area contributed by atoms with Gasteiger partial charge < -0.3 is 5.11 Å². The lowest BCUT2D eigenvalue weighted by atomic mass is 9.85. The number of Topliss-reactive ketones (excluding diaryl/α,β-unsaturated/α-hetero) is 1. The van der Waals surface area contributed by atoms with Crippen molar-refractivity contribution in [2.24, 2.45) is 11.8 Å². The van der Waals surface area contributed by atoms with Gasteiger partial charge in [0.05, 0.1) is 5.57 Å². The number of carbonyl (C=O) groups is 1. The van der Waals surface area contributed by atoms with Crippen LogP contribution in [0.5, 0.6) is 0 Å². The monoisotopic (exact) mass is 392 g/mol. The topological polar surface area (TPSA) is 37.3 Å². The number of benzene rings is 2. The van der Waals surface area contributed by atoms with Crippen LogP contribution in [0.4, 0.5) is 0 Å². The summed E-state index contributed by atoms with van der Waals surface area (Å²) in [5, 5.41) is 11.7. The molecule has 0 saturated heterocycles. The first kappa shape index (κ1) is 19.0. The van der Waals surface area contributed by atoms with E-state index < -0.39 is 0 Å². The van der Waals surface area contributed by atoms with Crippen LogP contribution in [-0.2, 0) is 11.2 Å². The Labute approximate surface area is 171 Å². The van der Waals surface area contributed by atoms with Gasteiger partial charge in [-0.2, -0.15) is 0 Å². The molecule has 0 saturated carbocycles. The van der Waals surface area contributed by atoms with Crippen molar-refractivity contribution >= 4 is 23.0 Å². The number of hydrogen-bond acceptors (Lipinski definition) is 2. The fourth-order valence-electron chi connectivity index (χ4n) is 4.37. The molecule has 3 aliphatic carbocycles. The van der Waals surface area contributed by atoms with E-state index in [1.54, 1.807) is 0 Å². The predicted molar refractivity (Wildman–Crippen MR) is 115 cm³/mol. The molecule has 0 spiro atoms. The third-order valence-corrected chi connectivity index (χ3v) is 6.22. The van der Waals surface area contributed by atoms with Gasteiger partial charge in [0, 0.05) is 17.9 Å². The Morgan fingerprint density at radius 1 is 0.964 bits per heavy atom. The molecule has 0 aromatic heterocycles. The maximum atomic E-state index is 13.2. The molecule has 1 N–H and O–H groups in total. The van der Waals surface area contributed by atoms with E-state index in [0.717, 1.165) is 41.5 Å². The van der Waals surface area contributed by atoms with Crippen molar-refractivity contribution in [2.75, 3.05) is 0 Å². The molecule has 0 unspecified atom stereocenters. The summed E-state index contributed by atoms with van der Waals surface area (Å²) in [5.41, 5.74) is 4.56. The molecule has 0 fully saturated rings. The van der Waals surface area contributed by atoms with Crippen LogP contribution >= 0.6 is 11.6 Å². The summed E-state index contributed by atoms with van der Waals surface area (Å²) in [6.45, 7) is 2.09. The van der Waals surface area contributed by atoms with Gasteiger partial charge in [0.15, 0.2) is 5.78 Å². The first-order valence-corrected chi connectivity index (χ1v) is 10.5. The number of aliphatic hydroxyl groups is 1. The smallest absolute Gasteiger partial charge is 0.167 e. The van der Waals surface area contributed by atoms with Crippen LogP contribution in [0.2, 0.25) is 5.02 Å². The number of aryl methyl sites for hydroxylation is 1. The van der Waals surface area contributed by atoms with Crippen LogP contribution in [0.1, 0.15) is 43.7 Å². The zero-order valence-electron chi connectivity index (χ0n) is 16.1. The molecule has 0 amide bonds. The summed E-state index contributed by atoms with van der Waals surface area (Å²) in [4.78, 5) is 13.2. The molecule has 5 rings (SSSR count). The van der Waals surface area contributed by atoms with Crippen LogP contribution < -0.4 is 0 Å². The third kappa shape index (κ3) is 3.79. The van der Waals surface area contributed by atoms with Gasteiger partial charge in [-0.1, -0.05) is 54.9 Å². The van der Waals surface area contributed by atoms with E-state index in [1.165, 1.54) is 0 Å². The number of rotatable bonds is 3. The second-order valence-electron chi connectivity index (χ2n) is 7.87. The summed E-state index contributed by atoms with van der Waals surface area (Å²) in [6.07, 6.45) is 8.25. The third-order valence-electron chi connectivity index (χ3n) is 5.97. The fourth-order valence-corrected chi connectivity index (χ4v) is 4.50. The van der Waals surface area contributed by atoms with E-state index in [4.69, 9.17) is 11.6 Å². The van der Waals surface area contributed by atoms with Crippen molar-refractivity contribution in [2.45, 2.75) is 39.0 Å². The molecule has 2 nitrogen and oxygen atoms in total. The molecule has 0 aliphatic heterocycles. The van der Waals surface area contributed by atoms with Gasteiger partial charge in [-0.15, -0.1) is 0 Å². The first-order chi connectivity index (χ1) is 13.5. The van der Waals surface area contributed by atoms with E-state index in [1.807, 2.05) is 24.3 Å². The highest BCUT2D eigenvalue weighted by atomic mass is 35.5. The number of allylic oxidation sites excluding steroid dienone is 4. The standard InChI is InChI=1S/C25H25ClO2/c1-2-18-7-8-20(19-9-11-21(26)12-10-19)15-22(18)25-23(27)13-16-3-4-17(6-5-16)14-24(25)28/h3-4,7-12,15-17,27H,2,5-6,13-14H2,1H3/t16-,17+/m1/s1. The highest BCUT2D eigenvalue weighted by Crippen LogP contribution is 2.37. The van der Waals surface area contributed by atoms with Crippen molar-refractivity contribution in [1.29, 1.82) is 0 Å². The SMILES string of the molecule is CCc1ccc(-c2ccc(Cl)cc2)cc1C1=C(O)C[C@@H]2C=C[C@@H](CC2)CC1=O. The molecule has 28 heavy (non-hydrogen) atoms. The average molecular weight is 393 g/mol. The highest BCUT2D eigenvalue weighted by Gasteiger charge is 2.28. The van der Waals surface area contributed by atoms with Gasteiger partial charge in [0.25, 0.3) is 0 Å². The van der Waals surface area contributed by atoms with Crippen molar-refractivity contribution in [3.63, 3.8) is 0 Å². The Hall–Kier alpha value is -2.32. The van der Waals surface area contributed by atoms with Crippen LogP contribution in [0.3, 0.4) is 0 Å². The second-order valence-corrected chi connectivity index (χ2v) is 8.30. The minimum atomic E-state index is 0.0534. The summed E-state index contributed by atoms with van der Waals surface area (Å²) < 4.78 is 0. The largest absolute Gasteiger partial charge is 0.512 e. The van der Waals surface area contributed by atoms with Crippen molar-refractivity contribution in [1.82, 2.24) is 0 Å². The molecule has 2 atom stereocenters. The van der Waals surface area contributed by atoms with E-state index in [-0.39, 0.29) is 17.5 Å². The maximum absolute atomic E-state index is 13.2. The quantitative estimate of drug-likeness (QED) is 0.584. The number of hydrogen-bond donors (Lipinski definition) is 1. The molecule has 0 radical (unpaired) electrons. The van der Waals surface area contributed by atoms with Gasteiger partial charge in [-0.3, -0.25) is 4.79 Å². The van der Waals surface area contributed by atoms with Crippen molar-refractivity contribution in [3.8, 4) is 11.1 Å². The summed E-state index contributed by atoms with van der Waals surface area (Å²) in [6, 6.07) is 13.9. The van der Waals surface area contributed by atoms with Crippen LogP contribution in [0.25, 0.3) is 16.7 Å². The van der Waals surface area contributed by atoms with Gasteiger partial charge >= 0.3 is 0 Å². The lowest BCUT2D eigenvalue weighted by Crippen LogP contribution is -2.12. The summed E-state index contributed by atoms with van der Waals surface area (Å²) in [5.74, 6) is 0.902. The molecule has 2 bridgehead atoms. The zero-order valence-corrected chi connectivity index (χ0v) is 16.9. The fraction of sp³-hybridized carbons (Fsp3) is 0.320. The van der Waals surface area contributed by atoms with Gasteiger partial charge in [0.1, 0.15) is 5.76 Å². The normalized spacial score (nSPS) is 22.1. The van der Waals surface area contributed by atoms with Crippen LogP contribution in [-0.4, -0.2) is 10.9 Å². The Balaban J connectivity index is 1.82. The summed E-state index contributed by atoms with van der Waals surface area (Å²) >= 11 is 6.03. The Bertz CT molecular complexity index is 953. The lowest BCUT2D eigenvalue weighted by molar-refractivity contribution is -0.114. The van der Waals surface area contributed by atoms with E-state index in [0.29, 0.717) is 29.4 Å². The predicted octanol–water partition coefficient (Wildman–Crippen LogP) is 6.78. The van der Waals surface area contributed by atoms with Gasteiger partial charge in [-0.25, -0.2) is 0 Å². The van der Waals surface area contributed by atoms with Gasteiger partial charge in [0.2, 0.25) is 0 Å². The van der Waals surface area contributed by atoms with E-state index in [9.17, 15) is 9.90 Å². The Morgan fingerprint density at radius 3 is 2.25 bits per heavy atom. The number of halogens is 1. The molecule has 3 aliphatic rings. The molecule has 0 heterocycles. The van der Waals surface area contributed by atoms with Crippen LogP contribution in [0, 0.1) is 11.8 Å². The second kappa shape index (κ2) is 7.97. The number of fused-ring (bicyclic) bond motifs is 4. The average Bonchev–Trinajstić information content (AvgIpc) is 2.79. The zero-order chi connectivity index (χ0) is 19.7. The summed E-state index contributed by atoms with van der Waals surface area (Å²) in [7, 11) is 0. The lowest BCUT2D eigenvalue weighted by Gasteiger charge is -2.19. The van der Waals surface area contributed by atoms with Crippen LogP contribution in [0.15, 0.2) is 60.4 Å². The van der Waals surface area contributed by atoms with E-state index >= 15 is 0 Å². The molecule has 3 heteroatoms. The Morgan fingerprint density at radius 2 is 1.61 bits per heavy atom. The number of aliphatic hydroxyl groups excluding tert-OH is 1. The van der Waals surface area contributed by atoms with Crippen molar-refractivity contribution in [3.05, 3.63) is 76.5 Å². The molecule has 144 valence electrons. The minimum Gasteiger partial charge on any atom is -0.512 e. The molecule has 2 aromatic rings. The highest BCUT2D eigenvalue weighted by molar-refractivity contribution is 6.30. The number of ketones is 1. The minimum absolute atomic E-state index is 0.0534. The van der Waals surface area contributed by atoms with Crippen molar-refractivity contribution < 1.29 is 9.90 Å². The van der Waals surface area contributed by atoms with E-state index in [2.05, 4.69) is 37.3 Å².